The number of carbonyl (C=O) groups excluding carboxylic acids is 1. The number of allylic oxidation sites excluding steroid dienone is 1. The Hall–Kier alpha value is -0.930. The normalized spacial score (nSPS) is 22.2. The maximum Gasteiger partial charge on any atom is 0.163 e. The molecule has 0 bridgehead atoms. The molecule has 0 amide bonds. The first-order chi connectivity index (χ1) is 9.06. The number of Topliss-reactive ketones (excluding diaryl/α,β-unsaturated/α-hetero) is 1. The second-order valence-electron chi connectivity index (χ2n) is 5.44. The minimum Gasteiger partial charge on any atom is -0.309 e. The lowest BCUT2D eigenvalue weighted by Crippen LogP contribution is -2.31. The van der Waals surface area contributed by atoms with E-state index in [0.717, 1.165) is 41.4 Å². The second kappa shape index (κ2) is 6.49. The Labute approximate surface area is 123 Å². The molecule has 1 fully saturated rings. The molecule has 1 atom stereocenters. The van der Waals surface area contributed by atoms with Crippen LogP contribution in [0.1, 0.15) is 24.8 Å². The molecule has 102 valence electrons. The molecule has 0 heterocycles. The molecule has 0 saturated heterocycles. The van der Waals surface area contributed by atoms with Crippen molar-refractivity contribution < 1.29 is 4.79 Å². The molecule has 0 spiro atoms. The average Bonchev–Trinajstić information content (AvgIpc) is 2.36. The van der Waals surface area contributed by atoms with Crippen molar-refractivity contribution in [3.8, 4) is 0 Å². The van der Waals surface area contributed by atoms with Crippen LogP contribution in [0.25, 0.3) is 6.08 Å². The van der Waals surface area contributed by atoms with Gasteiger partial charge in [-0.25, -0.2) is 0 Å². The van der Waals surface area contributed by atoms with Crippen molar-refractivity contribution in [1.29, 1.82) is 0 Å². The molecule has 1 saturated carbocycles. The van der Waals surface area contributed by atoms with Crippen molar-refractivity contribution >= 4 is 27.8 Å². The van der Waals surface area contributed by atoms with E-state index in [1.54, 1.807) is 0 Å². The van der Waals surface area contributed by atoms with E-state index in [0.29, 0.717) is 5.78 Å². The molecule has 1 aliphatic carbocycles. The van der Waals surface area contributed by atoms with Crippen molar-refractivity contribution in [3.05, 3.63) is 39.9 Å². The van der Waals surface area contributed by atoms with Crippen LogP contribution in [0.3, 0.4) is 0 Å². The van der Waals surface area contributed by atoms with Gasteiger partial charge in [0.05, 0.1) is 0 Å². The Balaban J connectivity index is 2.14. The van der Waals surface area contributed by atoms with Crippen LogP contribution in [0.4, 0.5) is 0 Å². The summed E-state index contributed by atoms with van der Waals surface area (Å²) < 4.78 is 1.06. The number of nitrogens with zero attached hydrogens (tertiary/aromatic N) is 1. The highest BCUT2D eigenvalue weighted by Crippen LogP contribution is 2.27. The van der Waals surface area contributed by atoms with Gasteiger partial charge in [0.15, 0.2) is 5.78 Å². The molecular formula is C16H20BrNO. The van der Waals surface area contributed by atoms with E-state index in [9.17, 15) is 4.79 Å². The molecule has 0 N–H and O–H groups in total. The lowest BCUT2D eigenvalue weighted by Gasteiger charge is -2.25. The average molecular weight is 322 g/mol. The van der Waals surface area contributed by atoms with Crippen LogP contribution >= 0.6 is 15.9 Å². The van der Waals surface area contributed by atoms with Gasteiger partial charge in [-0.15, -0.1) is 0 Å². The van der Waals surface area contributed by atoms with Gasteiger partial charge in [-0.1, -0.05) is 28.1 Å². The van der Waals surface area contributed by atoms with E-state index in [1.807, 2.05) is 38.4 Å². The molecule has 2 rings (SSSR count). The first-order valence-corrected chi connectivity index (χ1v) is 7.50. The Morgan fingerprint density at radius 1 is 1.32 bits per heavy atom. The smallest absolute Gasteiger partial charge is 0.163 e. The quantitative estimate of drug-likeness (QED) is 0.790. The molecule has 0 aromatic heterocycles. The number of benzene rings is 1. The molecule has 1 unspecified atom stereocenters. The molecule has 2 nitrogen and oxygen atoms in total. The van der Waals surface area contributed by atoms with Gasteiger partial charge in [-0.3, -0.25) is 4.79 Å². The van der Waals surface area contributed by atoms with Gasteiger partial charge in [0.25, 0.3) is 0 Å². The van der Waals surface area contributed by atoms with Crippen molar-refractivity contribution in [1.82, 2.24) is 4.90 Å². The van der Waals surface area contributed by atoms with Crippen LogP contribution in [0, 0.1) is 5.92 Å². The number of carbonyl (C=O) groups is 1. The fraction of sp³-hybridized carbons (Fsp3) is 0.438. The summed E-state index contributed by atoms with van der Waals surface area (Å²) in [6.07, 6.45) is 5.11. The molecule has 0 radical (unpaired) electrons. The van der Waals surface area contributed by atoms with Crippen molar-refractivity contribution in [2.24, 2.45) is 5.92 Å². The second-order valence-corrected chi connectivity index (χ2v) is 6.35. The Kier molecular flexibility index (Phi) is 4.94. The summed E-state index contributed by atoms with van der Waals surface area (Å²) >= 11 is 3.43. The topological polar surface area (TPSA) is 20.3 Å². The molecular weight excluding hydrogens is 302 g/mol. The maximum atomic E-state index is 12.4. The Morgan fingerprint density at radius 3 is 2.63 bits per heavy atom. The summed E-state index contributed by atoms with van der Waals surface area (Å²) in [7, 11) is 4.06. The summed E-state index contributed by atoms with van der Waals surface area (Å²) in [5.41, 5.74) is 2.09. The third-order valence-corrected chi connectivity index (χ3v) is 4.01. The van der Waals surface area contributed by atoms with Crippen LogP contribution in [0.15, 0.2) is 34.3 Å². The van der Waals surface area contributed by atoms with E-state index in [-0.39, 0.29) is 5.92 Å². The molecule has 1 aromatic rings. The first kappa shape index (κ1) is 14.5. The Morgan fingerprint density at radius 2 is 2.00 bits per heavy atom. The minimum absolute atomic E-state index is 0.172. The highest BCUT2D eigenvalue weighted by Gasteiger charge is 2.26. The zero-order valence-corrected chi connectivity index (χ0v) is 13.1. The number of hydrogen-bond acceptors (Lipinski definition) is 2. The standard InChI is InChI=1S/C16H20BrNO/c1-18(2)11-14-5-3-4-13(16(14)19)10-12-6-8-15(17)9-7-12/h6-10,14H,3-5,11H2,1-2H3/b13-10-. The SMILES string of the molecule is CN(C)CC1CCC/C(=C/c2ccc(Br)cc2)C1=O. The molecule has 19 heavy (non-hydrogen) atoms. The maximum absolute atomic E-state index is 12.4. The Bertz CT molecular complexity index is 476. The summed E-state index contributed by atoms with van der Waals surface area (Å²) in [6.45, 7) is 0.858. The van der Waals surface area contributed by atoms with Gasteiger partial charge in [0.1, 0.15) is 0 Å². The van der Waals surface area contributed by atoms with E-state index < -0.39 is 0 Å². The lowest BCUT2D eigenvalue weighted by atomic mass is 9.83. The van der Waals surface area contributed by atoms with Gasteiger partial charge < -0.3 is 4.90 Å². The third-order valence-electron chi connectivity index (χ3n) is 3.48. The molecule has 3 heteroatoms. The monoisotopic (exact) mass is 321 g/mol. The van der Waals surface area contributed by atoms with Crippen molar-refractivity contribution in [2.45, 2.75) is 19.3 Å². The summed E-state index contributed by atoms with van der Waals surface area (Å²) in [5, 5.41) is 0. The summed E-state index contributed by atoms with van der Waals surface area (Å²) in [4.78, 5) is 14.5. The van der Waals surface area contributed by atoms with E-state index in [1.165, 1.54) is 0 Å². The predicted octanol–water partition coefficient (Wildman–Crippen LogP) is 3.76. The minimum atomic E-state index is 0.172. The first-order valence-electron chi connectivity index (χ1n) is 6.71. The highest BCUT2D eigenvalue weighted by molar-refractivity contribution is 9.10. The fourth-order valence-electron chi connectivity index (χ4n) is 2.57. The summed E-state index contributed by atoms with van der Waals surface area (Å²) in [5.74, 6) is 0.508. The van der Waals surface area contributed by atoms with Crippen LogP contribution < -0.4 is 0 Å². The van der Waals surface area contributed by atoms with Gasteiger partial charge in [-0.2, -0.15) is 0 Å². The van der Waals surface area contributed by atoms with Gasteiger partial charge >= 0.3 is 0 Å². The lowest BCUT2D eigenvalue weighted by molar-refractivity contribution is -0.120. The van der Waals surface area contributed by atoms with E-state index in [4.69, 9.17) is 0 Å². The number of halogens is 1. The molecule has 1 aromatic carbocycles. The largest absolute Gasteiger partial charge is 0.309 e. The third kappa shape index (κ3) is 4.02. The van der Waals surface area contributed by atoms with E-state index >= 15 is 0 Å². The zero-order valence-electron chi connectivity index (χ0n) is 11.5. The van der Waals surface area contributed by atoms with Gasteiger partial charge in [0, 0.05) is 16.9 Å². The van der Waals surface area contributed by atoms with Crippen LogP contribution in [0.5, 0.6) is 0 Å². The fourth-order valence-corrected chi connectivity index (χ4v) is 2.84. The van der Waals surface area contributed by atoms with Crippen LogP contribution in [-0.2, 0) is 4.79 Å². The highest BCUT2D eigenvalue weighted by atomic mass is 79.9. The number of ketones is 1. The van der Waals surface area contributed by atoms with Crippen LogP contribution in [-0.4, -0.2) is 31.3 Å². The van der Waals surface area contributed by atoms with Crippen molar-refractivity contribution in [3.63, 3.8) is 0 Å². The molecule has 1 aliphatic rings. The van der Waals surface area contributed by atoms with Gasteiger partial charge in [-0.05, 0) is 62.7 Å². The van der Waals surface area contributed by atoms with Gasteiger partial charge in [0.2, 0.25) is 0 Å². The van der Waals surface area contributed by atoms with E-state index in [2.05, 4.69) is 26.9 Å². The number of hydrogen-bond donors (Lipinski definition) is 0. The van der Waals surface area contributed by atoms with Crippen LogP contribution in [0.2, 0.25) is 0 Å². The molecule has 0 aliphatic heterocycles. The van der Waals surface area contributed by atoms with Crippen molar-refractivity contribution in [2.75, 3.05) is 20.6 Å². The number of rotatable bonds is 3. The predicted molar refractivity (Wildman–Crippen MR) is 83.0 cm³/mol. The zero-order chi connectivity index (χ0) is 13.8. The summed E-state index contributed by atoms with van der Waals surface area (Å²) in [6, 6.07) is 8.11.